The van der Waals surface area contributed by atoms with Crippen molar-refractivity contribution in [2.45, 2.75) is 25.5 Å². The normalized spacial score (nSPS) is 19.7. The maximum absolute atomic E-state index is 5.87. The highest BCUT2D eigenvalue weighted by molar-refractivity contribution is 5.78. The standard InChI is InChI=1S/C21H25N9O2/c1-27-7-5-16(24-27)15-14-18(28-9-12-31-13-10-28)26-30-20(15)22-23-21(30)17-6-8-29(25-17)19-4-2-3-11-32-19/h5-8,14,19H,2-4,9-13H2,1H3. The van der Waals surface area contributed by atoms with Crippen molar-refractivity contribution in [3.63, 3.8) is 0 Å². The van der Waals surface area contributed by atoms with Gasteiger partial charge in [-0.1, -0.05) is 0 Å². The van der Waals surface area contributed by atoms with E-state index < -0.39 is 0 Å². The molecule has 32 heavy (non-hydrogen) atoms. The molecule has 2 aliphatic rings. The van der Waals surface area contributed by atoms with Crippen LogP contribution in [0.15, 0.2) is 30.6 Å². The van der Waals surface area contributed by atoms with Crippen LogP contribution in [0.4, 0.5) is 5.82 Å². The second-order valence-electron chi connectivity index (χ2n) is 8.15. The minimum Gasteiger partial charge on any atom is -0.378 e. The van der Waals surface area contributed by atoms with Crippen LogP contribution in [0.5, 0.6) is 0 Å². The van der Waals surface area contributed by atoms with Gasteiger partial charge in [0.05, 0.1) is 24.5 Å². The number of aryl methyl sites for hydroxylation is 1. The van der Waals surface area contributed by atoms with E-state index >= 15 is 0 Å². The quantitative estimate of drug-likeness (QED) is 0.479. The molecule has 6 heterocycles. The van der Waals surface area contributed by atoms with Gasteiger partial charge >= 0.3 is 0 Å². The van der Waals surface area contributed by atoms with Crippen molar-refractivity contribution < 1.29 is 9.47 Å². The van der Waals surface area contributed by atoms with E-state index in [-0.39, 0.29) is 6.23 Å². The third-order valence-corrected chi connectivity index (χ3v) is 5.97. The lowest BCUT2D eigenvalue weighted by Crippen LogP contribution is -2.37. The fourth-order valence-corrected chi connectivity index (χ4v) is 4.27. The zero-order valence-electron chi connectivity index (χ0n) is 18.0. The summed E-state index contributed by atoms with van der Waals surface area (Å²) in [5, 5.41) is 23.2. The molecule has 0 bridgehead atoms. The molecule has 0 spiro atoms. The summed E-state index contributed by atoms with van der Waals surface area (Å²) in [6.45, 7) is 3.70. The first-order chi connectivity index (χ1) is 15.8. The van der Waals surface area contributed by atoms with Crippen LogP contribution in [-0.4, -0.2) is 72.3 Å². The van der Waals surface area contributed by atoms with Gasteiger partial charge in [-0.2, -0.15) is 14.7 Å². The summed E-state index contributed by atoms with van der Waals surface area (Å²) < 4.78 is 16.8. The highest BCUT2D eigenvalue weighted by Gasteiger charge is 2.23. The minimum atomic E-state index is -0.0300. The molecular formula is C21H25N9O2. The molecule has 0 amide bonds. The Labute approximate surface area is 184 Å². The Morgan fingerprint density at radius 1 is 0.938 bits per heavy atom. The first kappa shape index (κ1) is 19.4. The molecule has 2 saturated heterocycles. The zero-order chi connectivity index (χ0) is 21.5. The predicted octanol–water partition coefficient (Wildman–Crippen LogP) is 1.92. The van der Waals surface area contributed by atoms with Crippen molar-refractivity contribution in [3.05, 3.63) is 30.6 Å². The van der Waals surface area contributed by atoms with E-state index in [1.54, 1.807) is 9.20 Å². The van der Waals surface area contributed by atoms with Gasteiger partial charge in [-0.05, 0) is 37.5 Å². The van der Waals surface area contributed by atoms with Gasteiger partial charge in [0.25, 0.3) is 0 Å². The third kappa shape index (κ3) is 3.43. The van der Waals surface area contributed by atoms with Gasteiger partial charge in [-0.25, -0.2) is 4.68 Å². The van der Waals surface area contributed by atoms with E-state index in [2.05, 4.69) is 20.2 Å². The second kappa shape index (κ2) is 7.99. The lowest BCUT2D eigenvalue weighted by molar-refractivity contribution is -0.0393. The monoisotopic (exact) mass is 435 g/mol. The molecule has 0 aliphatic carbocycles. The number of hydrogen-bond acceptors (Lipinski definition) is 8. The van der Waals surface area contributed by atoms with E-state index in [0.29, 0.717) is 30.4 Å². The van der Waals surface area contributed by atoms with E-state index in [4.69, 9.17) is 19.7 Å². The van der Waals surface area contributed by atoms with Gasteiger partial charge in [0.1, 0.15) is 11.9 Å². The molecule has 0 radical (unpaired) electrons. The number of morpholine rings is 1. The summed E-state index contributed by atoms with van der Waals surface area (Å²) in [6, 6.07) is 5.95. The molecule has 0 N–H and O–H groups in total. The molecule has 11 nitrogen and oxygen atoms in total. The molecule has 6 rings (SSSR count). The molecule has 4 aromatic rings. The Kier molecular flexibility index (Phi) is 4.84. The largest absolute Gasteiger partial charge is 0.378 e. The van der Waals surface area contributed by atoms with Gasteiger partial charge in [0, 0.05) is 39.1 Å². The van der Waals surface area contributed by atoms with E-state index in [1.165, 1.54) is 0 Å². The van der Waals surface area contributed by atoms with Crippen LogP contribution in [0.3, 0.4) is 0 Å². The van der Waals surface area contributed by atoms with Crippen molar-refractivity contribution in [3.8, 4) is 22.8 Å². The van der Waals surface area contributed by atoms with Crippen LogP contribution < -0.4 is 4.90 Å². The van der Waals surface area contributed by atoms with Gasteiger partial charge in [0.15, 0.2) is 11.5 Å². The highest BCUT2D eigenvalue weighted by atomic mass is 16.5. The van der Waals surface area contributed by atoms with Crippen LogP contribution in [0, 0.1) is 0 Å². The molecule has 1 unspecified atom stereocenters. The first-order valence-corrected chi connectivity index (χ1v) is 11.0. The van der Waals surface area contributed by atoms with Crippen LogP contribution in [0.25, 0.3) is 28.4 Å². The summed E-state index contributed by atoms with van der Waals surface area (Å²) in [5.74, 6) is 1.44. The number of rotatable bonds is 4. The number of anilines is 1. The molecule has 4 aromatic heterocycles. The minimum absolute atomic E-state index is 0.0300. The Balaban J connectivity index is 1.46. The SMILES string of the molecule is Cn1ccc(-c2cc(N3CCOCC3)nn3c(-c4ccn(C5CCCCO5)n4)nnc23)n1. The summed E-state index contributed by atoms with van der Waals surface area (Å²) >= 11 is 0. The fourth-order valence-electron chi connectivity index (χ4n) is 4.27. The predicted molar refractivity (Wildman–Crippen MR) is 116 cm³/mol. The van der Waals surface area contributed by atoms with Gasteiger partial charge < -0.3 is 14.4 Å². The average Bonchev–Trinajstić information content (AvgIpc) is 3.59. The molecule has 11 heteroatoms. The first-order valence-electron chi connectivity index (χ1n) is 11.0. The molecule has 0 saturated carbocycles. The van der Waals surface area contributed by atoms with E-state index in [9.17, 15) is 0 Å². The van der Waals surface area contributed by atoms with E-state index in [1.807, 2.05) is 42.3 Å². The van der Waals surface area contributed by atoms with Crippen LogP contribution in [0.1, 0.15) is 25.5 Å². The highest BCUT2D eigenvalue weighted by Crippen LogP contribution is 2.29. The number of nitrogens with zero attached hydrogens (tertiary/aromatic N) is 9. The number of hydrogen-bond donors (Lipinski definition) is 0. The molecule has 1 atom stereocenters. The van der Waals surface area contributed by atoms with Crippen molar-refractivity contribution in [2.75, 3.05) is 37.8 Å². The zero-order valence-corrected chi connectivity index (χ0v) is 18.0. The topological polar surface area (TPSA) is 100 Å². The molecule has 2 fully saturated rings. The smallest absolute Gasteiger partial charge is 0.205 e. The maximum atomic E-state index is 5.87. The summed E-state index contributed by atoms with van der Waals surface area (Å²) in [6.07, 6.45) is 7.04. The Morgan fingerprint density at radius 3 is 2.59 bits per heavy atom. The Morgan fingerprint density at radius 2 is 1.81 bits per heavy atom. The van der Waals surface area contributed by atoms with Crippen LogP contribution in [0.2, 0.25) is 0 Å². The van der Waals surface area contributed by atoms with E-state index in [0.717, 1.165) is 56.0 Å². The lowest BCUT2D eigenvalue weighted by Gasteiger charge is -2.27. The van der Waals surface area contributed by atoms with Crippen molar-refractivity contribution in [2.24, 2.45) is 7.05 Å². The maximum Gasteiger partial charge on any atom is 0.205 e. The van der Waals surface area contributed by atoms with Crippen LogP contribution in [-0.2, 0) is 16.5 Å². The summed E-state index contributed by atoms with van der Waals surface area (Å²) in [4.78, 5) is 2.22. The molecule has 0 aromatic carbocycles. The van der Waals surface area contributed by atoms with Crippen molar-refractivity contribution >= 4 is 11.5 Å². The number of ether oxygens (including phenoxy) is 2. The fraction of sp³-hybridized carbons (Fsp3) is 0.476. The molecule has 166 valence electrons. The average molecular weight is 435 g/mol. The lowest BCUT2D eigenvalue weighted by atomic mass is 10.2. The molecule has 2 aliphatic heterocycles. The van der Waals surface area contributed by atoms with Gasteiger partial charge in [-0.3, -0.25) is 4.68 Å². The van der Waals surface area contributed by atoms with Gasteiger partial charge in [0.2, 0.25) is 5.82 Å². The van der Waals surface area contributed by atoms with Crippen LogP contribution >= 0.6 is 0 Å². The summed E-state index contributed by atoms with van der Waals surface area (Å²) in [7, 11) is 1.90. The Hall–Kier alpha value is -3.31. The number of aromatic nitrogens is 8. The second-order valence-corrected chi connectivity index (χ2v) is 8.15. The van der Waals surface area contributed by atoms with Crippen molar-refractivity contribution in [1.82, 2.24) is 39.4 Å². The summed E-state index contributed by atoms with van der Waals surface area (Å²) in [5.41, 5.74) is 3.08. The molecular weight excluding hydrogens is 410 g/mol. The third-order valence-electron chi connectivity index (χ3n) is 5.97. The van der Waals surface area contributed by atoms with Gasteiger partial charge in [-0.15, -0.1) is 15.3 Å². The Bertz CT molecular complexity index is 1230. The van der Waals surface area contributed by atoms with Crippen molar-refractivity contribution in [1.29, 1.82) is 0 Å². The number of fused-ring (bicyclic) bond motifs is 1.